The minimum Gasteiger partial charge on any atom is -0.493 e. The Balaban J connectivity index is 2.02. The number of hydrazine groups is 1. The van der Waals surface area contributed by atoms with Crippen molar-refractivity contribution in [3.8, 4) is 11.5 Å². The van der Waals surface area contributed by atoms with Gasteiger partial charge in [0.15, 0.2) is 11.5 Å². The second-order valence-electron chi connectivity index (χ2n) is 5.06. The second-order valence-corrected chi connectivity index (χ2v) is 5.91. The summed E-state index contributed by atoms with van der Waals surface area (Å²) in [4.78, 5) is 12.1. The first-order valence-electron chi connectivity index (χ1n) is 7.09. The summed E-state index contributed by atoms with van der Waals surface area (Å²) in [5.41, 5.74) is 3.84. The van der Waals surface area contributed by atoms with Crippen LogP contribution in [-0.4, -0.2) is 38.2 Å². The number of hydrogen-bond acceptors (Lipinski definition) is 4. The van der Waals surface area contributed by atoms with Crippen molar-refractivity contribution in [2.75, 3.05) is 27.3 Å². The van der Waals surface area contributed by atoms with Crippen molar-refractivity contribution in [2.24, 2.45) is 0 Å². The Morgan fingerprint density at radius 3 is 2.43 bits per heavy atom. The molecule has 21 heavy (non-hydrogen) atoms. The van der Waals surface area contributed by atoms with Crippen LogP contribution in [-0.2, 0) is 11.2 Å². The van der Waals surface area contributed by atoms with Crippen LogP contribution in [0.2, 0.25) is 0 Å². The number of benzene rings is 1. The molecule has 0 atom stereocenters. The molecule has 0 bridgehead atoms. The summed E-state index contributed by atoms with van der Waals surface area (Å²) in [6.07, 6.45) is 3.83. The van der Waals surface area contributed by atoms with E-state index in [2.05, 4.69) is 21.4 Å². The van der Waals surface area contributed by atoms with Crippen molar-refractivity contribution in [3.05, 3.63) is 22.2 Å². The van der Waals surface area contributed by atoms with Crippen molar-refractivity contribution in [1.82, 2.24) is 10.4 Å². The van der Waals surface area contributed by atoms with Crippen LogP contribution in [0.3, 0.4) is 0 Å². The van der Waals surface area contributed by atoms with Crippen molar-refractivity contribution in [2.45, 2.75) is 25.7 Å². The molecule has 0 unspecified atom stereocenters. The fourth-order valence-electron chi connectivity index (χ4n) is 2.43. The Morgan fingerprint density at radius 1 is 1.19 bits per heavy atom. The normalized spacial score (nSPS) is 15.6. The van der Waals surface area contributed by atoms with E-state index in [0.717, 1.165) is 36.0 Å². The average Bonchev–Trinajstić information content (AvgIpc) is 2.49. The van der Waals surface area contributed by atoms with Gasteiger partial charge < -0.3 is 9.47 Å². The van der Waals surface area contributed by atoms with E-state index in [4.69, 9.17) is 9.47 Å². The summed E-state index contributed by atoms with van der Waals surface area (Å²) in [5.74, 6) is 1.26. The Labute approximate surface area is 133 Å². The highest BCUT2D eigenvalue weighted by molar-refractivity contribution is 9.10. The van der Waals surface area contributed by atoms with Gasteiger partial charge in [0.1, 0.15) is 0 Å². The summed E-state index contributed by atoms with van der Waals surface area (Å²) in [7, 11) is 3.18. The van der Waals surface area contributed by atoms with E-state index in [9.17, 15) is 4.79 Å². The monoisotopic (exact) mass is 356 g/mol. The zero-order valence-electron chi connectivity index (χ0n) is 12.4. The summed E-state index contributed by atoms with van der Waals surface area (Å²) in [6, 6.07) is 3.65. The molecule has 5 nitrogen and oxygen atoms in total. The van der Waals surface area contributed by atoms with E-state index in [1.165, 1.54) is 6.42 Å². The highest BCUT2D eigenvalue weighted by atomic mass is 79.9. The van der Waals surface area contributed by atoms with Gasteiger partial charge in [0.05, 0.1) is 20.6 Å². The van der Waals surface area contributed by atoms with Gasteiger partial charge in [-0.2, -0.15) is 0 Å². The maximum atomic E-state index is 12.1. The van der Waals surface area contributed by atoms with E-state index in [0.29, 0.717) is 17.9 Å². The van der Waals surface area contributed by atoms with E-state index in [1.807, 2.05) is 17.1 Å². The van der Waals surface area contributed by atoms with Gasteiger partial charge in [0, 0.05) is 17.6 Å². The number of methoxy groups -OCH3 is 2. The van der Waals surface area contributed by atoms with Crippen molar-refractivity contribution < 1.29 is 14.3 Å². The number of carbonyl (C=O) groups is 1. The largest absolute Gasteiger partial charge is 0.493 e. The van der Waals surface area contributed by atoms with Gasteiger partial charge in [-0.25, -0.2) is 5.01 Å². The van der Waals surface area contributed by atoms with E-state index in [1.54, 1.807) is 14.2 Å². The Hall–Kier alpha value is -1.27. The molecule has 1 fully saturated rings. The highest BCUT2D eigenvalue weighted by Crippen LogP contribution is 2.33. The van der Waals surface area contributed by atoms with Crippen LogP contribution >= 0.6 is 15.9 Å². The maximum absolute atomic E-state index is 12.1. The molecule has 116 valence electrons. The first kappa shape index (κ1) is 16.1. The molecule has 0 aromatic heterocycles. The summed E-state index contributed by atoms with van der Waals surface area (Å²) in [5, 5.41) is 2.00. The van der Waals surface area contributed by atoms with Gasteiger partial charge in [0.2, 0.25) is 5.91 Å². The number of amides is 1. The molecule has 0 spiro atoms. The topological polar surface area (TPSA) is 50.8 Å². The van der Waals surface area contributed by atoms with E-state index >= 15 is 0 Å². The van der Waals surface area contributed by atoms with Crippen LogP contribution in [0.15, 0.2) is 16.6 Å². The number of carbonyl (C=O) groups excluding carboxylic acids is 1. The lowest BCUT2D eigenvalue weighted by Gasteiger charge is -2.26. The molecule has 1 heterocycles. The number of ether oxygens (including phenoxy) is 2. The number of nitrogens with zero attached hydrogens (tertiary/aromatic N) is 1. The minimum absolute atomic E-state index is 0.00943. The standard InChI is InChI=1S/C15H21BrN2O3/c1-20-13-8-11(12(16)10-14(13)21-2)9-15(19)17-18-6-4-3-5-7-18/h8,10H,3-7,9H2,1-2H3,(H,17,19). The van der Waals surface area contributed by atoms with Gasteiger partial charge in [0.25, 0.3) is 0 Å². The summed E-state index contributed by atoms with van der Waals surface area (Å²) >= 11 is 3.48. The lowest BCUT2D eigenvalue weighted by atomic mass is 10.1. The molecule has 1 N–H and O–H groups in total. The molecule has 1 aliphatic rings. The quantitative estimate of drug-likeness (QED) is 0.880. The van der Waals surface area contributed by atoms with Crippen LogP contribution in [0.1, 0.15) is 24.8 Å². The molecule has 1 aromatic rings. The molecular weight excluding hydrogens is 336 g/mol. The number of nitrogens with one attached hydrogen (secondary N) is 1. The third-order valence-corrected chi connectivity index (χ3v) is 4.28. The number of halogens is 1. The Morgan fingerprint density at radius 2 is 1.81 bits per heavy atom. The molecule has 2 rings (SSSR count). The predicted octanol–water partition coefficient (Wildman–Crippen LogP) is 2.53. The van der Waals surface area contributed by atoms with Gasteiger partial charge >= 0.3 is 0 Å². The van der Waals surface area contributed by atoms with Gasteiger partial charge in [-0.3, -0.25) is 10.2 Å². The van der Waals surface area contributed by atoms with Crippen LogP contribution in [0, 0.1) is 0 Å². The van der Waals surface area contributed by atoms with Crippen molar-refractivity contribution in [1.29, 1.82) is 0 Å². The fraction of sp³-hybridized carbons (Fsp3) is 0.533. The zero-order valence-corrected chi connectivity index (χ0v) is 14.0. The lowest BCUT2D eigenvalue weighted by Crippen LogP contribution is -2.45. The van der Waals surface area contributed by atoms with Gasteiger partial charge in [-0.1, -0.05) is 22.4 Å². The molecule has 0 radical (unpaired) electrons. The number of hydrogen-bond donors (Lipinski definition) is 1. The highest BCUT2D eigenvalue weighted by Gasteiger charge is 2.16. The fourth-order valence-corrected chi connectivity index (χ4v) is 2.89. The third-order valence-electron chi connectivity index (χ3n) is 3.54. The van der Waals surface area contributed by atoms with E-state index < -0.39 is 0 Å². The van der Waals surface area contributed by atoms with Crippen LogP contribution in [0.4, 0.5) is 0 Å². The molecular formula is C15H21BrN2O3. The Bertz CT molecular complexity index is 502. The minimum atomic E-state index is -0.00943. The van der Waals surface area contributed by atoms with Crippen molar-refractivity contribution in [3.63, 3.8) is 0 Å². The molecule has 1 aliphatic heterocycles. The summed E-state index contributed by atoms with van der Waals surface area (Å²) < 4.78 is 11.4. The molecule has 1 amide bonds. The molecule has 6 heteroatoms. The lowest BCUT2D eigenvalue weighted by molar-refractivity contribution is -0.125. The molecule has 1 saturated heterocycles. The zero-order chi connectivity index (χ0) is 15.2. The van der Waals surface area contributed by atoms with Crippen molar-refractivity contribution >= 4 is 21.8 Å². The van der Waals surface area contributed by atoms with Gasteiger partial charge in [-0.05, 0) is 30.5 Å². The number of rotatable bonds is 5. The molecule has 0 saturated carbocycles. The number of piperidine rings is 1. The maximum Gasteiger partial charge on any atom is 0.238 e. The SMILES string of the molecule is COc1cc(Br)c(CC(=O)NN2CCCCC2)cc1OC. The molecule has 0 aliphatic carbocycles. The third kappa shape index (κ3) is 4.35. The predicted molar refractivity (Wildman–Crippen MR) is 84.5 cm³/mol. The van der Waals surface area contributed by atoms with Crippen LogP contribution < -0.4 is 14.9 Å². The Kier molecular flexibility index (Phi) is 5.87. The van der Waals surface area contributed by atoms with Crippen LogP contribution in [0.5, 0.6) is 11.5 Å². The smallest absolute Gasteiger partial charge is 0.238 e. The molecule has 1 aromatic carbocycles. The van der Waals surface area contributed by atoms with Gasteiger partial charge in [-0.15, -0.1) is 0 Å². The van der Waals surface area contributed by atoms with E-state index in [-0.39, 0.29) is 5.91 Å². The second kappa shape index (κ2) is 7.66. The first-order valence-corrected chi connectivity index (χ1v) is 7.88. The average molecular weight is 357 g/mol. The summed E-state index contributed by atoms with van der Waals surface area (Å²) in [6.45, 7) is 1.86. The first-order chi connectivity index (χ1) is 10.1. The van der Waals surface area contributed by atoms with Crippen LogP contribution in [0.25, 0.3) is 0 Å².